The third-order valence-electron chi connectivity index (χ3n) is 0. The summed E-state index contributed by atoms with van der Waals surface area (Å²) in [5.74, 6) is 0. The molecular formula is C2H6O3P+. The lowest BCUT2D eigenvalue weighted by atomic mass is 11.3. The minimum Gasteiger partial charge on any atom is -0.134 e. The van der Waals surface area contributed by atoms with Crippen LogP contribution in [-0.4, -0.2) is 9.79 Å². The Morgan fingerprint density at radius 1 is 1.33 bits per heavy atom. The molecule has 0 fully saturated rings. The van der Waals surface area contributed by atoms with Crippen molar-refractivity contribution in [2.45, 2.75) is 0 Å². The fourth-order valence-electron chi connectivity index (χ4n) is 0. The zero-order chi connectivity index (χ0) is 5.58. The highest BCUT2D eigenvalue weighted by Crippen LogP contribution is 1.98. The predicted molar refractivity (Wildman–Crippen MR) is 23.3 cm³/mol. The molecule has 0 aliphatic rings. The Morgan fingerprint density at radius 2 is 1.33 bits per heavy atom. The van der Waals surface area contributed by atoms with E-state index < -0.39 is 8.25 Å². The smallest absolute Gasteiger partial charge is 0.134 e. The molecule has 0 heterocycles. The first-order chi connectivity index (χ1) is 2.73. The van der Waals surface area contributed by atoms with E-state index in [1.165, 1.54) is 0 Å². The van der Waals surface area contributed by atoms with E-state index in [0.29, 0.717) is 0 Å². The van der Waals surface area contributed by atoms with Crippen LogP contribution in [0.15, 0.2) is 13.2 Å². The molecular weight excluding hydrogens is 103 g/mol. The molecule has 0 saturated heterocycles. The van der Waals surface area contributed by atoms with Gasteiger partial charge in [-0.3, -0.25) is 0 Å². The maximum Gasteiger partial charge on any atom is 0.692 e. The molecule has 3 nitrogen and oxygen atoms in total. The molecule has 0 bridgehead atoms. The van der Waals surface area contributed by atoms with Crippen molar-refractivity contribution in [3.8, 4) is 0 Å². The lowest BCUT2D eigenvalue weighted by Crippen LogP contribution is -1.38. The summed E-state index contributed by atoms with van der Waals surface area (Å²) < 4.78 is 8.70. The molecule has 4 heteroatoms. The van der Waals surface area contributed by atoms with E-state index in [1.807, 2.05) is 0 Å². The Morgan fingerprint density at radius 3 is 1.33 bits per heavy atom. The van der Waals surface area contributed by atoms with E-state index in [4.69, 9.17) is 14.4 Å². The summed E-state index contributed by atoms with van der Waals surface area (Å²) in [6.45, 7) is 6.00. The van der Waals surface area contributed by atoms with Crippen LogP contribution in [0.4, 0.5) is 0 Å². The maximum atomic E-state index is 8.70. The third kappa shape index (κ3) is 497. The van der Waals surface area contributed by atoms with Gasteiger partial charge in [0.05, 0.1) is 0 Å². The van der Waals surface area contributed by atoms with Crippen LogP contribution in [0.5, 0.6) is 0 Å². The van der Waals surface area contributed by atoms with Crippen molar-refractivity contribution in [3.63, 3.8) is 0 Å². The molecule has 2 N–H and O–H groups in total. The molecule has 6 heavy (non-hydrogen) atoms. The standard InChI is InChI=1S/C2H4.HO3P/c1-2;1-4(2)3/h1-2H2;(H-,1,2,3)/p+1. The Kier molecular flexibility index (Phi) is 13.6. The Balaban J connectivity index is 0. The molecule has 0 aromatic heterocycles. The van der Waals surface area contributed by atoms with Gasteiger partial charge in [-0.15, -0.1) is 22.9 Å². The van der Waals surface area contributed by atoms with E-state index in [9.17, 15) is 0 Å². The molecule has 0 aromatic carbocycles. The highest BCUT2D eigenvalue weighted by molar-refractivity contribution is 7.30. The lowest BCUT2D eigenvalue weighted by molar-refractivity contribution is 0.405. The van der Waals surface area contributed by atoms with Crippen LogP contribution in [0.25, 0.3) is 0 Å². The minimum atomic E-state index is -2.87. The summed E-state index contributed by atoms with van der Waals surface area (Å²) in [4.78, 5) is 14.2. The fourth-order valence-corrected chi connectivity index (χ4v) is 0. The molecule has 0 aliphatic carbocycles. The summed E-state index contributed by atoms with van der Waals surface area (Å²) in [5, 5.41) is 0. The molecule has 0 radical (unpaired) electrons. The Bertz CT molecular complexity index is 40.1. The van der Waals surface area contributed by atoms with E-state index in [2.05, 4.69) is 13.2 Å². The molecule has 0 aliphatic heterocycles. The average molecular weight is 109 g/mol. The van der Waals surface area contributed by atoms with E-state index in [-0.39, 0.29) is 0 Å². The molecule has 0 saturated carbocycles. The van der Waals surface area contributed by atoms with Crippen molar-refractivity contribution in [1.82, 2.24) is 0 Å². The molecule has 0 atom stereocenters. The summed E-state index contributed by atoms with van der Waals surface area (Å²) >= 11 is 0. The summed E-state index contributed by atoms with van der Waals surface area (Å²) in [5.41, 5.74) is 0. The van der Waals surface area contributed by atoms with E-state index in [0.717, 1.165) is 0 Å². The van der Waals surface area contributed by atoms with Gasteiger partial charge in [0.15, 0.2) is 0 Å². The van der Waals surface area contributed by atoms with Gasteiger partial charge in [-0.25, -0.2) is 0 Å². The minimum absolute atomic E-state index is 2.87. The number of rotatable bonds is 0. The van der Waals surface area contributed by atoms with Crippen molar-refractivity contribution in [2.75, 3.05) is 0 Å². The van der Waals surface area contributed by atoms with Crippen LogP contribution in [-0.2, 0) is 4.57 Å². The van der Waals surface area contributed by atoms with Crippen LogP contribution in [0.1, 0.15) is 0 Å². The van der Waals surface area contributed by atoms with Crippen molar-refractivity contribution >= 4 is 8.25 Å². The fraction of sp³-hybridized carbons (Fsp3) is 0. The highest BCUT2D eigenvalue weighted by Gasteiger charge is 1.93. The van der Waals surface area contributed by atoms with Gasteiger partial charge in [-0.05, 0) is 0 Å². The zero-order valence-electron chi connectivity index (χ0n) is 3.16. The average Bonchev–Trinajstić information content (AvgIpc) is 1.41. The van der Waals surface area contributed by atoms with Gasteiger partial charge in [0.1, 0.15) is 0 Å². The molecule has 36 valence electrons. The largest absolute Gasteiger partial charge is 0.692 e. The van der Waals surface area contributed by atoms with E-state index in [1.54, 1.807) is 0 Å². The Labute approximate surface area is 36.9 Å². The van der Waals surface area contributed by atoms with Crippen molar-refractivity contribution in [3.05, 3.63) is 13.2 Å². The molecule has 0 unspecified atom stereocenters. The van der Waals surface area contributed by atoms with Gasteiger partial charge >= 0.3 is 8.25 Å². The molecule has 0 rings (SSSR count). The monoisotopic (exact) mass is 109 g/mol. The number of hydrogen-bond acceptors (Lipinski definition) is 1. The van der Waals surface area contributed by atoms with Gasteiger partial charge in [0.2, 0.25) is 0 Å². The quantitative estimate of drug-likeness (QED) is 0.350. The summed E-state index contributed by atoms with van der Waals surface area (Å²) in [6.07, 6.45) is 0. The topological polar surface area (TPSA) is 57.5 Å². The molecule has 0 amide bonds. The number of hydrogen-bond donors (Lipinski definition) is 2. The van der Waals surface area contributed by atoms with Gasteiger partial charge in [0.25, 0.3) is 0 Å². The second kappa shape index (κ2) is 8.83. The first-order valence-electron chi connectivity index (χ1n) is 1.08. The van der Waals surface area contributed by atoms with Gasteiger partial charge in [0, 0.05) is 4.57 Å². The molecule has 0 aromatic rings. The molecule has 0 spiro atoms. The third-order valence-corrected chi connectivity index (χ3v) is 0. The second-order valence-electron chi connectivity index (χ2n) is 0.253. The lowest BCUT2D eigenvalue weighted by Gasteiger charge is -1.34. The Hall–Kier alpha value is -0.240. The van der Waals surface area contributed by atoms with Crippen LogP contribution < -0.4 is 0 Å². The van der Waals surface area contributed by atoms with Crippen LogP contribution in [0, 0.1) is 0 Å². The van der Waals surface area contributed by atoms with Crippen molar-refractivity contribution < 1.29 is 14.4 Å². The normalized spacial score (nSPS) is 5.00. The second-order valence-corrected chi connectivity index (χ2v) is 0.758. The highest BCUT2D eigenvalue weighted by atomic mass is 31.1. The van der Waals surface area contributed by atoms with Gasteiger partial charge < -0.3 is 0 Å². The van der Waals surface area contributed by atoms with Gasteiger partial charge in [-0.2, -0.15) is 0 Å². The van der Waals surface area contributed by atoms with Crippen molar-refractivity contribution in [2.24, 2.45) is 0 Å². The zero-order valence-corrected chi connectivity index (χ0v) is 4.06. The SMILES string of the molecule is C=C.O=[P+](O)O. The predicted octanol–water partition coefficient (Wildman–Crippen LogP) is 0.431. The summed E-state index contributed by atoms with van der Waals surface area (Å²) in [6, 6.07) is 0. The van der Waals surface area contributed by atoms with Crippen LogP contribution >= 0.6 is 8.25 Å². The first-order valence-corrected chi connectivity index (χ1v) is 2.25. The van der Waals surface area contributed by atoms with Crippen LogP contribution in [0.2, 0.25) is 0 Å². The van der Waals surface area contributed by atoms with E-state index >= 15 is 0 Å². The first kappa shape index (κ1) is 9.23. The summed E-state index contributed by atoms with van der Waals surface area (Å²) in [7, 11) is -2.87. The van der Waals surface area contributed by atoms with Gasteiger partial charge in [-0.1, -0.05) is 0 Å². The van der Waals surface area contributed by atoms with Crippen molar-refractivity contribution in [1.29, 1.82) is 0 Å². The van der Waals surface area contributed by atoms with Crippen LogP contribution in [0.3, 0.4) is 0 Å². The maximum absolute atomic E-state index is 8.70.